The summed E-state index contributed by atoms with van der Waals surface area (Å²) >= 11 is 0. The Bertz CT molecular complexity index is 686. The van der Waals surface area contributed by atoms with Gasteiger partial charge in [0.1, 0.15) is 0 Å². The molecule has 0 saturated heterocycles. The van der Waals surface area contributed by atoms with E-state index < -0.39 is 0 Å². The molecule has 0 heterocycles. The first kappa shape index (κ1) is 15.4. The molecule has 0 radical (unpaired) electrons. The molecule has 0 aromatic rings. The second kappa shape index (κ2) is 4.63. The molecule has 130 valence electrons. The zero-order chi connectivity index (χ0) is 16.7. The molecule has 5 aliphatic carbocycles. The van der Waals surface area contributed by atoms with Gasteiger partial charge in [-0.05, 0) is 80.6 Å². The Kier molecular flexibility index (Phi) is 2.97. The first-order valence-electron chi connectivity index (χ1n) is 10.1. The van der Waals surface area contributed by atoms with E-state index in [9.17, 15) is 9.90 Å². The SMILES string of the molecule is C[C@@]12CCC3=C4CCC5=CC(=O)CC[C@]5(C)C4CC[C@]31C(O)CC2. The van der Waals surface area contributed by atoms with Crippen LogP contribution in [0.15, 0.2) is 22.8 Å². The van der Waals surface area contributed by atoms with Crippen molar-refractivity contribution in [2.45, 2.75) is 84.2 Å². The van der Waals surface area contributed by atoms with Crippen molar-refractivity contribution in [1.29, 1.82) is 0 Å². The van der Waals surface area contributed by atoms with E-state index in [1.165, 1.54) is 37.7 Å². The van der Waals surface area contributed by atoms with Crippen molar-refractivity contribution in [3.05, 3.63) is 22.8 Å². The number of fused-ring (bicyclic) bond motifs is 3. The molecule has 0 aromatic carbocycles. The van der Waals surface area contributed by atoms with Crippen LogP contribution in [-0.4, -0.2) is 17.0 Å². The van der Waals surface area contributed by atoms with Crippen molar-refractivity contribution in [1.82, 2.24) is 0 Å². The van der Waals surface area contributed by atoms with E-state index in [2.05, 4.69) is 13.8 Å². The third kappa shape index (κ3) is 1.60. The minimum absolute atomic E-state index is 0.0981. The summed E-state index contributed by atoms with van der Waals surface area (Å²) in [6.45, 7) is 4.87. The molecule has 3 fully saturated rings. The van der Waals surface area contributed by atoms with Crippen LogP contribution in [0.4, 0.5) is 0 Å². The fourth-order valence-corrected chi connectivity index (χ4v) is 7.72. The Balaban J connectivity index is 1.64. The minimum atomic E-state index is -0.119. The second-order valence-corrected chi connectivity index (χ2v) is 9.73. The highest BCUT2D eigenvalue weighted by atomic mass is 16.3. The third-order valence-corrected chi connectivity index (χ3v) is 9.11. The van der Waals surface area contributed by atoms with Crippen LogP contribution in [0.5, 0.6) is 0 Å². The van der Waals surface area contributed by atoms with E-state index in [0.717, 1.165) is 32.1 Å². The zero-order valence-corrected chi connectivity index (χ0v) is 15.2. The molecule has 2 nitrogen and oxygen atoms in total. The smallest absolute Gasteiger partial charge is 0.155 e. The van der Waals surface area contributed by atoms with Crippen molar-refractivity contribution in [3.63, 3.8) is 0 Å². The second-order valence-electron chi connectivity index (χ2n) is 9.73. The molecular weight excluding hydrogens is 296 g/mol. The maximum absolute atomic E-state index is 11.9. The molecule has 2 heteroatoms. The molecular formula is C22H30O2. The number of aliphatic hydroxyl groups excluding tert-OH is 1. The molecule has 24 heavy (non-hydrogen) atoms. The number of allylic oxidation sites excluding steroid dienone is 3. The Morgan fingerprint density at radius 3 is 2.67 bits per heavy atom. The van der Waals surface area contributed by atoms with Crippen molar-refractivity contribution in [2.75, 3.05) is 0 Å². The van der Waals surface area contributed by atoms with Crippen molar-refractivity contribution < 1.29 is 9.90 Å². The maximum Gasteiger partial charge on any atom is 0.155 e. The number of hydrogen-bond donors (Lipinski definition) is 1. The van der Waals surface area contributed by atoms with Gasteiger partial charge in [0.2, 0.25) is 0 Å². The molecule has 0 aliphatic heterocycles. The summed E-state index contributed by atoms with van der Waals surface area (Å²) in [5, 5.41) is 11.0. The minimum Gasteiger partial charge on any atom is -0.392 e. The number of carbonyl (C=O) groups excluding carboxylic acids is 1. The average molecular weight is 326 g/mol. The Labute approximate surface area is 145 Å². The Morgan fingerprint density at radius 1 is 1.00 bits per heavy atom. The van der Waals surface area contributed by atoms with Crippen LogP contribution in [0.3, 0.4) is 0 Å². The molecule has 1 N–H and O–H groups in total. The Hall–Kier alpha value is -0.890. The number of rotatable bonds is 0. The molecule has 1 spiro atoms. The van der Waals surface area contributed by atoms with Crippen LogP contribution < -0.4 is 0 Å². The highest BCUT2D eigenvalue weighted by Gasteiger charge is 2.65. The number of aliphatic hydroxyl groups is 1. The molecule has 0 amide bonds. The standard InChI is InChI=1S/C22H30O2/c1-20-9-6-18-16-4-3-14-13-15(23)5-11-21(14,2)17(16)7-12-22(18,20)19(24)8-10-20/h13,17,19,24H,3-12H2,1-2H3/t17?,19?,20-,21-,22+/m0/s1. The van der Waals surface area contributed by atoms with E-state index in [-0.39, 0.29) is 16.9 Å². The van der Waals surface area contributed by atoms with Gasteiger partial charge in [0.15, 0.2) is 5.78 Å². The monoisotopic (exact) mass is 326 g/mol. The van der Waals surface area contributed by atoms with Gasteiger partial charge in [0.05, 0.1) is 6.10 Å². The van der Waals surface area contributed by atoms with Gasteiger partial charge in [0.25, 0.3) is 0 Å². The van der Waals surface area contributed by atoms with Crippen molar-refractivity contribution in [3.8, 4) is 0 Å². The molecule has 5 atom stereocenters. The van der Waals surface area contributed by atoms with E-state index in [1.54, 1.807) is 11.1 Å². The molecule has 3 saturated carbocycles. The largest absolute Gasteiger partial charge is 0.392 e. The predicted octanol–water partition coefficient (Wildman–Crippen LogP) is 4.72. The summed E-state index contributed by atoms with van der Waals surface area (Å²) in [6, 6.07) is 0. The third-order valence-electron chi connectivity index (χ3n) is 9.11. The van der Waals surface area contributed by atoms with Gasteiger partial charge in [-0.3, -0.25) is 4.79 Å². The molecule has 5 aliphatic rings. The highest BCUT2D eigenvalue weighted by Crippen LogP contribution is 2.72. The number of hydrogen-bond acceptors (Lipinski definition) is 2. The maximum atomic E-state index is 11.9. The lowest BCUT2D eigenvalue weighted by molar-refractivity contribution is -0.116. The summed E-state index contributed by atoms with van der Waals surface area (Å²) in [7, 11) is 0. The first-order chi connectivity index (χ1) is 11.4. The average Bonchev–Trinajstić information content (AvgIpc) is 2.99. The van der Waals surface area contributed by atoms with Gasteiger partial charge in [-0.1, -0.05) is 30.6 Å². The van der Waals surface area contributed by atoms with Crippen molar-refractivity contribution >= 4 is 5.78 Å². The van der Waals surface area contributed by atoms with E-state index in [0.29, 0.717) is 17.1 Å². The topological polar surface area (TPSA) is 37.3 Å². The summed E-state index contributed by atoms with van der Waals surface area (Å²) in [5.41, 5.74) is 5.44. The highest BCUT2D eigenvalue weighted by molar-refractivity contribution is 5.91. The van der Waals surface area contributed by atoms with Crippen LogP contribution in [0.2, 0.25) is 0 Å². The fraction of sp³-hybridized carbons (Fsp3) is 0.773. The lowest BCUT2D eigenvalue weighted by Gasteiger charge is -2.54. The van der Waals surface area contributed by atoms with E-state index >= 15 is 0 Å². The lowest BCUT2D eigenvalue weighted by atomic mass is 9.50. The predicted molar refractivity (Wildman–Crippen MR) is 94.4 cm³/mol. The van der Waals surface area contributed by atoms with E-state index in [1.807, 2.05) is 6.08 Å². The van der Waals surface area contributed by atoms with Crippen LogP contribution in [0.25, 0.3) is 0 Å². The molecule has 5 rings (SSSR count). The van der Waals surface area contributed by atoms with Gasteiger partial charge in [-0.15, -0.1) is 0 Å². The summed E-state index contributed by atoms with van der Waals surface area (Å²) in [6.07, 6.45) is 12.9. The number of ketones is 1. The number of carbonyl (C=O) groups is 1. The molecule has 0 aromatic heterocycles. The van der Waals surface area contributed by atoms with E-state index in [4.69, 9.17) is 0 Å². The van der Waals surface area contributed by atoms with Gasteiger partial charge in [-0.25, -0.2) is 0 Å². The summed E-state index contributed by atoms with van der Waals surface area (Å²) in [4.78, 5) is 11.9. The zero-order valence-electron chi connectivity index (χ0n) is 15.2. The van der Waals surface area contributed by atoms with Gasteiger partial charge < -0.3 is 5.11 Å². The summed E-state index contributed by atoms with van der Waals surface area (Å²) in [5.74, 6) is 0.965. The van der Waals surface area contributed by atoms with Gasteiger partial charge >= 0.3 is 0 Å². The van der Waals surface area contributed by atoms with Crippen LogP contribution >= 0.6 is 0 Å². The fourth-order valence-electron chi connectivity index (χ4n) is 7.72. The summed E-state index contributed by atoms with van der Waals surface area (Å²) < 4.78 is 0. The lowest BCUT2D eigenvalue weighted by Crippen LogP contribution is -2.47. The quantitative estimate of drug-likeness (QED) is 0.654. The Morgan fingerprint density at radius 2 is 1.83 bits per heavy atom. The van der Waals surface area contributed by atoms with Crippen molar-refractivity contribution in [2.24, 2.45) is 22.2 Å². The van der Waals surface area contributed by atoms with Crippen LogP contribution in [0.1, 0.15) is 78.1 Å². The van der Waals surface area contributed by atoms with Gasteiger partial charge in [0, 0.05) is 11.8 Å². The molecule has 0 bridgehead atoms. The van der Waals surface area contributed by atoms with Gasteiger partial charge in [-0.2, -0.15) is 0 Å². The first-order valence-corrected chi connectivity index (χ1v) is 10.1. The van der Waals surface area contributed by atoms with Crippen LogP contribution in [0, 0.1) is 22.2 Å². The molecule has 2 unspecified atom stereocenters. The normalized spacial score (nSPS) is 50.1. The van der Waals surface area contributed by atoms with Crippen LogP contribution in [-0.2, 0) is 4.79 Å².